The van der Waals surface area contributed by atoms with Gasteiger partial charge in [0.2, 0.25) is 5.95 Å². The zero-order chi connectivity index (χ0) is 23.1. The molecule has 31 heavy (non-hydrogen) atoms. The lowest BCUT2D eigenvalue weighted by molar-refractivity contribution is 0.423. The summed E-state index contributed by atoms with van der Waals surface area (Å²) >= 11 is 1.68. The van der Waals surface area contributed by atoms with Gasteiger partial charge in [-0.05, 0) is 29.4 Å². The van der Waals surface area contributed by atoms with Crippen molar-refractivity contribution in [2.75, 3.05) is 11.1 Å². The molecule has 2 rings (SSSR count). The molecule has 172 valence electrons. The summed E-state index contributed by atoms with van der Waals surface area (Å²) in [6.45, 7) is 14.9. The molecule has 0 amide bonds. The Labute approximate surface area is 192 Å². The Morgan fingerprint density at radius 3 is 2.03 bits per heavy atom. The Morgan fingerprint density at radius 2 is 1.45 bits per heavy atom. The Balaban J connectivity index is 2.11. The molecule has 0 bridgehead atoms. The van der Waals surface area contributed by atoms with E-state index in [0.29, 0.717) is 11.7 Å². The third-order valence-corrected chi connectivity index (χ3v) is 6.21. The first-order valence-corrected chi connectivity index (χ1v) is 12.5. The predicted molar refractivity (Wildman–Crippen MR) is 133 cm³/mol. The Hall–Kier alpha value is -1.82. The van der Waals surface area contributed by atoms with Gasteiger partial charge in [-0.3, -0.25) is 0 Å². The molecule has 0 aliphatic heterocycles. The molecule has 0 fully saturated rings. The lowest BCUT2D eigenvalue weighted by Crippen LogP contribution is -2.17. The maximum atomic E-state index is 10.9. The molecule has 1 aromatic heterocycles. The molecule has 0 radical (unpaired) electrons. The van der Waals surface area contributed by atoms with Gasteiger partial charge >= 0.3 is 0 Å². The second kappa shape index (κ2) is 11.2. The van der Waals surface area contributed by atoms with Crippen LogP contribution in [0.2, 0.25) is 0 Å². The standard InChI is InChI=1S/C25H40N4OS/c1-8-9-10-11-12-13-14-31-23-27-17-26-22(29-23)28-18-15-19(24(2,3)4)21(30)20(16-18)25(5,6)7/h15-17,30H,8-14H2,1-7H3,(H,26,27,28,29). The number of phenolic OH excluding ortho intramolecular Hbond substituents is 1. The van der Waals surface area contributed by atoms with Gasteiger partial charge in [0, 0.05) is 22.6 Å². The third-order valence-electron chi connectivity index (χ3n) is 5.26. The minimum atomic E-state index is -0.182. The van der Waals surface area contributed by atoms with Crippen LogP contribution >= 0.6 is 11.8 Å². The molecule has 0 aliphatic carbocycles. The van der Waals surface area contributed by atoms with Crippen molar-refractivity contribution in [1.29, 1.82) is 0 Å². The number of nitrogens with one attached hydrogen (secondary N) is 1. The van der Waals surface area contributed by atoms with E-state index in [9.17, 15) is 5.11 Å². The zero-order valence-corrected chi connectivity index (χ0v) is 21.2. The van der Waals surface area contributed by atoms with E-state index in [1.54, 1.807) is 18.1 Å². The van der Waals surface area contributed by atoms with E-state index in [1.807, 2.05) is 12.1 Å². The number of phenols is 1. The number of hydrogen-bond acceptors (Lipinski definition) is 6. The molecule has 0 spiro atoms. The van der Waals surface area contributed by atoms with E-state index in [1.165, 1.54) is 38.5 Å². The maximum Gasteiger partial charge on any atom is 0.231 e. The van der Waals surface area contributed by atoms with Crippen molar-refractivity contribution >= 4 is 23.4 Å². The summed E-state index contributed by atoms with van der Waals surface area (Å²) in [5.41, 5.74) is 2.34. The van der Waals surface area contributed by atoms with Crippen molar-refractivity contribution in [2.45, 2.75) is 103 Å². The first-order chi connectivity index (χ1) is 14.5. The van der Waals surface area contributed by atoms with Gasteiger partial charge in [0.05, 0.1) is 0 Å². The van der Waals surface area contributed by atoms with Crippen LogP contribution in [-0.4, -0.2) is 25.8 Å². The van der Waals surface area contributed by atoms with Crippen molar-refractivity contribution < 1.29 is 5.11 Å². The molecule has 0 atom stereocenters. The van der Waals surface area contributed by atoms with Crippen LogP contribution in [0, 0.1) is 0 Å². The SMILES string of the molecule is CCCCCCCCSc1ncnc(Nc2cc(C(C)(C)C)c(O)c(C(C)(C)C)c2)n1. The fourth-order valence-corrected chi connectivity index (χ4v) is 4.24. The summed E-state index contributed by atoms with van der Waals surface area (Å²) in [6, 6.07) is 3.99. The molecular formula is C25H40N4OS. The van der Waals surface area contributed by atoms with Gasteiger partial charge in [-0.25, -0.2) is 9.97 Å². The summed E-state index contributed by atoms with van der Waals surface area (Å²) in [5.74, 6) is 1.93. The number of anilines is 2. The van der Waals surface area contributed by atoms with E-state index < -0.39 is 0 Å². The number of aromatic nitrogens is 3. The summed E-state index contributed by atoms with van der Waals surface area (Å²) in [7, 11) is 0. The first kappa shape index (κ1) is 25.4. The highest BCUT2D eigenvalue weighted by atomic mass is 32.2. The monoisotopic (exact) mass is 444 g/mol. The number of aromatic hydroxyl groups is 1. The Bertz CT molecular complexity index is 805. The highest BCUT2D eigenvalue weighted by Gasteiger charge is 2.26. The highest BCUT2D eigenvalue weighted by Crippen LogP contribution is 2.41. The zero-order valence-electron chi connectivity index (χ0n) is 20.4. The minimum Gasteiger partial charge on any atom is -0.507 e. The van der Waals surface area contributed by atoms with Gasteiger partial charge in [0.15, 0.2) is 5.16 Å². The second-order valence-electron chi connectivity index (χ2n) is 10.3. The molecule has 5 nitrogen and oxygen atoms in total. The summed E-state index contributed by atoms with van der Waals surface area (Å²) in [6.07, 6.45) is 9.28. The van der Waals surface area contributed by atoms with Crippen LogP contribution in [0.25, 0.3) is 0 Å². The van der Waals surface area contributed by atoms with Crippen LogP contribution in [-0.2, 0) is 10.8 Å². The quantitative estimate of drug-likeness (QED) is 0.226. The largest absolute Gasteiger partial charge is 0.507 e. The van der Waals surface area contributed by atoms with E-state index in [2.05, 4.69) is 68.7 Å². The number of thioether (sulfide) groups is 1. The molecule has 0 aliphatic rings. The van der Waals surface area contributed by atoms with Crippen molar-refractivity contribution in [2.24, 2.45) is 0 Å². The molecule has 6 heteroatoms. The van der Waals surface area contributed by atoms with Gasteiger partial charge in [-0.2, -0.15) is 4.98 Å². The fraction of sp³-hybridized carbons (Fsp3) is 0.640. The summed E-state index contributed by atoms with van der Waals surface area (Å²) in [5, 5.41) is 15.0. The third kappa shape index (κ3) is 7.99. The molecule has 1 aromatic carbocycles. The summed E-state index contributed by atoms with van der Waals surface area (Å²) in [4.78, 5) is 13.2. The minimum absolute atomic E-state index is 0.182. The predicted octanol–water partition coefficient (Wildman–Crippen LogP) is 7.37. The Kier molecular flexibility index (Phi) is 9.16. The van der Waals surface area contributed by atoms with Crippen molar-refractivity contribution in [3.63, 3.8) is 0 Å². The molecule has 1 heterocycles. The highest BCUT2D eigenvalue weighted by molar-refractivity contribution is 7.99. The number of rotatable bonds is 10. The second-order valence-corrected chi connectivity index (χ2v) is 11.3. The number of hydrogen-bond donors (Lipinski definition) is 2. The summed E-state index contributed by atoms with van der Waals surface area (Å²) < 4.78 is 0. The number of nitrogens with zero attached hydrogens (tertiary/aromatic N) is 3. The topological polar surface area (TPSA) is 70.9 Å². The molecule has 2 aromatic rings. The molecule has 2 N–H and O–H groups in total. The van der Waals surface area contributed by atoms with E-state index in [4.69, 9.17) is 0 Å². The van der Waals surface area contributed by atoms with E-state index in [0.717, 1.165) is 27.7 Å². The average molecular weight is 445 g/mol. The molecule has 0 unspecified atom stereocenters. The van der Waals surface area contributed by atoms with Crippen LogP contribution in [0.1, 0.15) is 98.1 Å². The smallest absolute Gasteiger partial charge is 0.231 e. The van der Waals surface area contributed by atoms with Gasteiger partial charge in [0.1, 0.15) is 12.1 Å². The average Bonchev–Trinajstić information content (AvgIpc) is 2.67. The van der Waals surface area contributed by atoms with Crippen LogP contribution in [0.5, 0.6) is 5.75 Å². The van der Waals surface area contributed by atoms with Gasteiger partial charge < -0.3 is 10.4 Å². The lowest BCUT2D eigenvalue weighted by Gasteiger charge is -2.28. The fourth-order valence-electron chi connectivity index (χ4n) is 3.44. The first-order valence-electron chi connectivity index (χ1n) is 11.5. The van der Waals surface area contributed by atoms with Crippen LogP contribution in [0.3, 0.4) is 0 Å². The molecule has 0 saturated carbocycles. The Morgan fingerprint density at radius 1 is 0.871 bits per heavy atom. The van der Waals surface area contributed by atoms with Gasteiger partial charge in [-0.1, -0.05) is 92.3 Å². The number of unbranched alkanes of at least 4 members (excludes halogenated alkanes) is 5. The molecular weight excluding hydrogens is 404 g/mol. The van der Waals surface area contributed by atoms with Crippen molar-refractivity contribution in [3.05, 3.63) is 29.6 Å². The van der Waals surface area contributed by atoms with Gasteiger partial charge in [-0.15, -0.1) is 0 Å². The maximum absolute atomic E-state index is 10.9. The van der Waals surface area contributed by atoms with Crippen LogP contribution < -0.4 is 5.32 Å². The number of benzene rings is 1. The van der Waals surface area contributed by atoms with Crippen LogP contribution in [0.15, 0.2) is 23.6 Å². The van der Waals surface area contributed by atoms with E-state index >= 15 is 0 Å². The van der Waals surface area contributed by atoms with Crippen LogP contribution in [0.4, 0.5) is 11.6 Å². The normalized spacial score (nSPS) is 12.2. The van der Waals surface area contributed by atoms with Crippen molar-refractivity contribution in [3.8, 4) is 5.75 Å². The van der Waals surface area contributed by atoms with Crippen molar-refractivity contribution in [1.82, 2.24) is 15.0 Å². The van der Waals surface area contributed by atoms with Gasteiger partial charge in [0.25, 0.3) is 0 Å². The van der Waals surface area contributed by atoms with E-state index in [-0.39, 0.29) is 10.8 Å². The lowest BCUT2D eigenvalue weighted by atomic mass is 9.79. The molecule has 0 saturated heterocycles.